The molecular weight excluding hydrogens is 414 g/mol. The van der Waals surface area contributed by atoms with E-state index in [1.165, 1.54) is 22.7 Å². The molecular formula is C19H21N3O3S3. The van der Waals surface area contributed by atoms with Crippen LogP contribution in [0.25, 0.3) is 11.3 Å². The highest BCUT2D eigenvalue weighted by molar-refractivity contribution is 7.91. The molecule has 0 spiro atoms. The second kappa shape index (κ2) is 8.95. The van der Waals surface area contributed by atoms with E-state index in [1.807, 2.05) is 36.6 Å². The van der Waals surface area contributed by atoms with Gasteiger partial charge in [-0.25, -0.2) is 17.7 Å². The van der Waals surface area contributed by atoms with Gasteiger partial charge in [-0.3, -0.25) is 4.79 Å². The maximum atomic E-state index is 12.3. The average Bonchev–Trinajstić information content (AvgIpc) is 3.34. The maximum Gasteiger partial charge on any atom is 0.252 e. The minimum absolute atomic E-state index is 0.140. The molecule has 0 fully saturated rings. The molecule has 1 amide bonds. The van der Waals surface area contributed by atoms with Gasteiger partial charge in [-0.2, -0.15) is 0 Å². The summed E-state index contributed by atoms with van der Waals surface area (Å²) in [7, 11) is -1.93. The fourth-order valence-corrected chi connectivity index (χ4v) is 5.62. The summed E-state index contributed by atoms with van der Waals surface area (Å²) in [6.07, 6.45) is 0.695. The molecule has 0 saturated heterocycles. The normalized spacial score (nSPS) is 11.7. The molecule has 0 unspecified atom stereocenters. The Balaban J connectivity index is 1.48. The van der Waals surface area contributed by atoms with Gasteiger partial charge in [0.25, 0.3) is 10.0 Å². The van der Waals surface area contributed by atoms with Gasteiger partial charge >= 0.3 is 0 Å². The molecule has 6 nitrogen and oxygen atoms in total. The Labute approximate surface area is 172 Å². The number of sulfonamides is 1. The van der Waals surface area contributed by atoms with E-state index in [9.17, 15) is 13.2 Å². The molecule has 0 aliphatic rings. The summed E-state index contributed by atoms with van der Waals surface area (Å²) in [5, 5.41) is 7.59. The standard InChI is InChI=1S/C19H21N3O3S3/c1-14-20-17(13-27-14)15-7-9-16(10-8-15)21-18(23)5-3-11-22(2)28(24,25)19-6-4-12-26-19/h4,6-10,12-13H,3,5,11H2,1-2H3,(H,21,23). The fourth-order valence-electron chi connectivity index (χ4n) is 2.59. The molecule has 3 rings (SSSR count). The van der Waals surface area contributed by atoms with Crippen molar-refractivity contribution in [1.29, 1.82) is 0 Å². The molecule has 0 atom stereocenters. The SMILES string of the molecule is Cc1nc(-c2ccc(NC(=O)CCCN(C)S(=O)(=O)c3cccs3)cc2)cs1. The van der Waals surface area contributed by atoms with Gasteiger partial charge in [0.1, 0.15) is 4.21 Å². The molecule has 2 aromatic heterocycles. The number of hydrogen-bond donors (Lipinski definition) is 1. The molecule has 0 aliphatic heterocycles. The van der Waals surface area contributed by atoms with Gasteiger partial charge in [0.2, 0.25) is 5.91 Å². The molecule has 148 valence electrons. The van der Waals surface area contributed by atoms with E-state index in [0.717, 1.165) is 16.3 Å². The Morgan fingerprint density at radius 1 is 1.18 bits per heavy atom. The third-order valence-electron chi connectivity index (χ3n) is 4.12. The van der Waals surface area contributed by atoms with Crippen LogP contribution < -0.4 is 5.32 Å². The molecule has 3 aromatic rings. The number of benzene rings is 1. The van der Waals surface area contributed by atoms with Crippen LogP contribution >= 0.6 is 22.7 Å². The number of thiophene rings is 1. The third kappa shape index (κ3) is 5.05. The first-order chi connectivity index (χ1) is 13.4. The van der Waals surface area contributed by atoms with Gasteiger partial charge in [0, 0.05) is 36.6 Å². The van der Waals surface area contributed by atoms with Crippen molar-refractivity contribution < 1.29 is 13.2 Å². The lowest BCUT2D eigenvalue weighted by atomic mass is 10.1. The number of nitrogens with one attached hydrogen (secondary N) is 1. The number of thiazole rings is 1. The van der Waals surface area contributed by atoms with Crippen LogP contribution in [0.3, 0.4) is 0 Å². The zero-order valence-electron chi connectivity index (χ0n) is 15.6. The topological polar surface area (TPSA) is 79.4 Å². The van der Waals surface area contributed by atoms with Crippen LogP contribution in [0, 0.1) is 6.92 Å². The highest BCUT2D eigenvalue weighted by atomic mass is 32.2. The highest BCUT2D eigenvalue weighted by Gasteiger charge is 2.21. The summed E-state index contributed by atoms with van der Waals surface area (Å²) in [6, 6.07) is 10.8. The van der Waals surface area contributed by atoms with Gasteiger partial charge in [0.15, 0.2) is 0 Å². The smallest absolute Gasteiger partial charge is 0.252 e. The molecule has 28 heavy (non-hydrogen) atoms. The van der Waals surface area contributed by atoms with Crippen molar-refractivity contribution in [3.8, 4) is 11.3 Å². The van der Waals surface area contributed by atoms with Crippen LogP contribution in [-0.4, -0.2) is 37.2 Å². The van der Waals surface area contributed by atoms with Crippen molar-refractivity contribution >= 4 is 44.3 Å². The molecule has 0 bridgehead atoms. The van der Waals surface area contributed by atoms with Gasteiger partial charge in [-0.1, -0.05) is 18.2 Å². The predicted molar refractivity (Wildman–Crippen MR) is 114 cm³/mol. The van der Waals surface area contributed by atoms with Crippen molar-refractivity contribution in [3.05, 3.63) is 52.2 Å². The molecule has 2 heterocycles. The van der Waals surface area contributed by atoms with E-state index >= 15 is 0 Å². The number of aromatic nitrogens is 1. The zero-order chi connectivity index (χ0) is 20.1. The number of carbonyl (C=O) groups is 1. The van der Waals surface area contributed by atoms with Gasteiger partial charge in [-0.05, 0) is 36.9 Å². The van der Waals surface area contributed by atoms with Crippen LogP contribution in [0.2, 0.25) is 0 Å². The van der Waals surface area contributed by atoms with E-state index in [2.05, 4.69) is 10.3 Å². The number of amides is 1. The Morgan fingerprint density at radius 3 is 2.54 bits per heavy atom. The van der Waals surface area contributed by atoms with Crippen LogP contribution in [0.1, 0.15) is 17.8 Å². The van der Waals surface area contributed by atoms with Crippen LogP contribution in [0.5, 0.6) is 0 Å². The second-order valence-electron chi connectivity index (χ2n) is 6.24. The van der Waals surface area contributed by atoms with Crippen molar-refractivity contribution in [2.45, 2.75) is 24.0 Å². The Bertz CT molecular complexity index is 1030. The van der Waals surface area contributed by atoms with E-state index < -0.39 is 10.0 Å². The summed E-state index contributed by atoms with van der Waals surface area (Å²) in [4.78, 5) is 16.6. The van der Waals surface area contributed by atoms with Crippen molar-refractivity contribution in [1.82, 2.24) is 9.29 Å². The number of rotatable bonds is 8. The lowest BCUT2D eigenvalue weighted by Gasteiger charge is -2.15. The lowest BCUT2D eigenvalue weighted by molar-refractivity contribution is -0.116. The van der Waals surface area contributed by atoms with Crippen molar-refractivity contribution in [3.63, 3.8) is 0 Å². The molecule has 1 aromatic carbocycles. The number of anilines is 1. The largest absolute Gasteiger partial charge is 0.326 e. The first-order valence-corrected chi connectivity index (χ1v) is 11.9. The maximum absolute atomic E-state index is 12.3. The summed E-state index contributed by atoms with van der Waals surface area (Å²) in [5.41, 5.74) is 2.64. The molecule has 0 saturated carbocycles. The second-order valence-corrected chi connectivity index (χ2v) is 10.5. The molecule has 0 aliphatic carbocycles. The van der Waals surface area contributed by atoms with Gasteiger partial charge in [-0.15, -0.1) is 22.7 Å². The van der Waals surface area contributed by atoms with Gasteiger partial charge < -0.3 is 5.32 Å². The first kappa shape index (κ1) is 20.7. The first-order valence-electron chi connectivity index (χ1n) is 8.68. The lowest BCUT2D eigenvalue weighted by Crippen LogP contribution is -2.28. The zero-order valence-corrected chi connectivity index (χ0v) is 18.0. The number of nitrogens with zero attached hydrogens (tertiary/aromatic N) is 2. The Hall–Kier alpha value is -2.07. The summed E-state index contributed by atoms with van der Waals surface area (Å²) >= 11 is 2.79. The summed E-state index contributed by atoms with van der Waals surface area (Å²) < 4.78 is 26.3. The van der Waals surface area contributed by atoms with Crippen molar-refractivity contribution in [2.24, 2.45) is 0 Å². The molecule has 1 N–H and O–H groups in total. The Kier molecular flexibility index (Phi) is 6.61. The van der Waals surface area contributed by atoms with E-state index in [0.29, 0.717) is 16.3 Å². The number of carbonyl (C=O) groups excluding carboxylic acids is 1. The van der Waals surface area contributed by atoms with Crippen LogP contribution in [-0.2, 0) is 14.8 Å². The van der Waals surface area contributed by atoms with E-state index in [4.69, 9.17) is 0 Å². The molecule has 0 radical (unpaired) electrons. The summed E-state index contributed by atoms with van der Waals surface area (Å²) in [6.45, 7) is 2.25. The fraction of sp³-hybridized carbons (Fsp3) is 0.263. The van der Waals surface area contributed by atoms with Crippen LogP contribution in [0.15, 0.2) is 51.4 Å². The monoisotopic (exact) mass is 435 g/mol. The third-order valence-corrected chi connectivity index (χ3v) is 8.12. The predicted octanol–water partition coefficient (Wildman–Crippen LogP) is 4.22. The Morgan fingerprint density at radius 2 is 1.93 bits per heavy atom. The molecule has 9 heteroatoms. The minimum Gasteiger partial charge on any atom is -0.326 e. The van der Waals surface area contributed by atoms with Crippen LogP contribution in [0.4, 0.5) is 5.69 Å². The number of aryl methyl sites for hydroxylation is 1. The van der Waals surface area contributed by atoms with Gasteiger partial charge in [0.05, 0.1) is 10.7 Å². The minimum atomic E-state index is -3.47. The highest BCUT2D eigenvalue weighted by Crippen LogP contribution is 2.23. The number of hydrogen-bond acceptors (Lipinski definition) is 6. The van der Waals surface area contributed by atoms with E-state index in [1.54, 1.807) is 28.8 Å². The quantitative estimate of drug-likeness (QED) is 0.575. The van der Waals surface area contributed by atoms with E-state index in [-0.39, 0.29) is 18.9 Å². The van der Waals surface area contributed by atoms with Crippen molar-refractivity contribution in [2.75, 3.05) is 18.9 Å². The average molecular weight is 436 g/mol. The summed E-state index contributed by atoms with van der Waals surface area (Å²) in [5.74, 6) is -0.140.